The van der Waals surface area contributed by atoms with Crippen molar-refractivity contribution in [1.29, 1.82) is 0 Å². The van der Waals surface area contributed by atoms with Crippen LogP contribution in [0, 0.1) is 12.7 Å². The maximum absolute atomic E-state index is 14.0. The van der Waals surface area contributed by atoms with Crippen LogP contribution in [0.5, 0.6) is 11.6 Å². The van der Waals surface area contributed by atoms with Gasteiger partial charge in [-0.3, -0.25) is 0 Å². The highest BCUT2D eigenvalue weighted by molar-refractivity contribution is 5.88. The predicted molar refractivity (Wildman–Crippen MR) is 69.6 cm³/mol. The number of nitrogens with zero attached hydrogens (tertiary/aromatic N) is 2. The first kappa shape index (κ1) is 13.9. The number of benzene rings is 1. The summed E-state index contributed by atoms with van der Waals surface area (Å²) in [6.45, 7) is 3.51. The summed E-state index contributed by atoms with van der Waals surface area (Å²) in [4.78, 5) is 18.5. The maximum atomic E-state index is 14.0. The molecule has 0 fully saturated rings. The fourth-order valence-corrected chi connectivity index (χ4v) is 1.65. The Hall–Kier alpha value is -2.50. The molecule has 5 nitrogen and oxygen atoms in total. The molecule has 104 valence electrons. The van der Waals surface area contributed by atoms with Crippen molar-refractivity contribution in [1.82, 2.24) is 9.97 Å². The molecular weight excluding hydrogens is 263 g/mol. The standard InChI is InChI=1S/C14H13FN2O3/c1-3-10-12(15)13(17-7-16-10)20-11-6-9(14(18)19)5-4-8(11)2/h4-7H,3H2,1-2H3,(H,18,19). The number of hydrogen-bond acceptors (Lipinski definition) is 4. The number of rotatable bonds is 4. The smallest absolute Gasteiger partial charge is 0.335 e. The minimum Gasteiger partial charge on any atom is -0.478 e. The average molecular weight is 276 g/mol. The van der Waals surface area contributed by atoms with Crippen molar-refractivity contribution in [2.45, 2.75) is 20.3 Å². The van der Waals surface area contributed by atoms with Gasteiger partial charge in [-0.15, -0.1) is 0 Å². The third-order valence-corrected chi connectivity index (χ3v) is 2.81. The Bertz CT molecular complexity index is 659. The maximum Gasteiger partial charge on any atom is 0.335 e. The first-order valence-corrected chi connectivity index (χ1v) is 6.04. The quantitative estimate of drug-likeness (QED) is 0.929. The largest absolute Gasteiger partial charge is 0.478 e. The van der Waals surface area contributed by atoms with Gasteiger partial charge in [-0.1, -0.05) is 13.0 Å². The minimum atomic E-state index is -1.08. The molecule has 1 heterocycles. The summed E-state index contributed by atoms with van der Waals surface area (Å²) in [6, 6.07) is 4.39. The zero-order valence-corrected chi connectivity index (χ0v) is 11.1. The van der Waals surface area contributed by atoms with E-state index in [2.05, 4.69) is 9.97 Å². The van der Waals surface area contributed by atoms with Gasteiger partial charge in [0.1, 0.15) is 12.1 Å². The number of hydrogen-bond donors (Lipinski definition) is 1. The van der Waals surface area contributed by atoms with Gasteiger partial charge in [0.25, 0.3) is 5.88 Å². The molecular formula is C14H13FN2O3. The van der Waals surface area contributed by atoms with Gasteiger partial charge in [0.2, 0.25) is 5.82 Å². The fraction of sp³-hybridized carbons (Fsp3) is 0.214. The van der Waals surface area contributed by atoms with Crippen LogP contribution in [0.15, 0.2) is 24.5 Å². The molecule has 20 heavy (non-hydrogen) atoms. The van der Waals surface area contributed by atoms with Crippen molar-refractivity contribution in [3.05, 3.63) is 47.2 Å². The van der Waals surface area contributed by atoms with Gasteiger partial charge >= 0.3 is 5.97 Å². The minimum absolute atomic E-state index is 0.0655. The molecule has 0 bridgehead atoms. The van der Waals surface area contributed by atoms with Crippen LogP contribution in [0.25, 0.3) is 0 Å². The van der Waals surface area contributed by atoms with Crippen LogP contribution in [0.3, 0.4) is 0 Å². The topological polar surface area (TPSA) is 72.3 Å². The first-order chi connectivity index (χ1) is 9.52. The molecule has 1 N–H and O–H groups in total. The van der Waals surface area contributed by atoms with Crippen molar-refractivity contribution in [2.24, 2.45) is 0 Å². The number of carboxylic acid groups (broad SMARTS) is 1. The van der Waals surface area contributed by atoms with E-state index < -0.39 is 11.8 Å². The Labute approximate surface area is 115 Å². The Kier molecular flexibility index (Phi) is 3.93. The van der Waals surface area contributed by atoms with E-state index in [0.29, 0.717) is 12.0 Å². The van der Waals surface area contributed by atoms with E-state index in [1.807, 2.05) is 0 Å². The van der Waals surface area contributed by atoms with Gasteiger partial charge in [0.15, 0.2) is 0 Å². The van der Waals surface area contributed by atoms with Crippen LogP contribution in [0.2, 0.25) is 0 Å². The van der Waals surface area contributed by atoms with Crippen molar-refractivity contribution in [3.63, 3.8) is 0 Å². The monoisotopic (exact) mass is 276 g/mol. The van der Waals surface area contributed by atoms with E-state index in [0.717, 1.165) is 0 Å². The summed E-state index contributed by atoms with van der Waals surface area (Å²) in [6.07, 6.45) is 1.63. The second-order valence-electron chi connectivity index (χ2n) is 4.18. The molecule has 0 spiro atoms. The van der Waals surface area contributed by atoms with Gasteiger partial charge in [-0.2, -0.15) is 9.37 Å². The lowest BCUT2D eigenvalue weighted by atomic mass is 10.1. The van der Waals surface area contributed by atoms with Crippen molar-refractivity contribution in [3.8, 4) is 11.6 Å². The number of halogens is 1. The van der Waals surface area contributed by atoms with E-state index in [9.17, 15) is 9.18 Å². The van der Waals surface area contributed by atoms with E-state index in [1.54, 1.807) is 19.9 Å². The average Bonchev–Trinajstić information content (AvgIpc) is 2.43. The lowest BCUT2D eigenvalue weighted by molar-refractivity contribution is 0.0696. The van der Waals surface area contributed by atoms with Crippen LogP contribution in [-0.4, -0.2) is 21.0 Å². The molecule has 0 radical (unpaired) electrons. The third kappa shape index (κ3) is 2.74. The van der Waals surface area contributed by atoms with Crippen LogP contribution in [0.4, 0.5) is 4.39 Å². The number of aromatic carboxylic acids is 1. The lowest BCUT2D eigenvalue weighted by Gasteiger charge is -2.10. The van der Waals surface area contributed by atoms with Crippen LogP contribution in [-0.2, 0) is 6.42 Å². The van der Waals surface area contributed by atoms with Crippen LogP contribution in [0.1, 0.15) is 28.5 Å². The first-order valence-electron chi connectivity index (χ1n) is 6.04. The van der Waals surface area contributed by atoms with Gasteiger partial charge < -0.3 is 9.84 Å². The highest BCUT2D eigenvalue weighted by Crippen LogP contribution is 2.27. The Morgan fingerprint density at radius 2 is 2.15 bits per heavy atom. The van der Waals surface area contributed by atoms with E-state index in [1.165, 1.54) is 18.5 Å². The number of aryl methyl sites for hydroxylation is 2. The van der Waals surface area contributed by atoms with Crippen molar-refractivity contribution >= 4 is 5.97 Å². The normalized spacial score (nSPS) is 10.3. The molecule has 0 atom stereocenters. The summed E-state index contributed by atoms with van der Waals surface area (Å²) < 4.78 is 19.4. The summed E-state index contributed by atoms with van der Waals surface area (Å²) in [5.74, 6) is -1.66. The Morgan fingerprint density at radius 3 is 2.80 bits per heavy atom. The third-order valence-electron chi connectivity index (χ3n) is 2.81. The van der Waals surface area contributed by atoms with E-state index in [-0.39, 0.29) is 22.9 Å². The molecule has 0 aliphatic heterocycles. The number of aromatic nitrogens is 2. The molecule has 2 rings (SSSR count). The fourth-order valence-electron chi connectivity index (χ4n) is 1.65. The van der Waals surface area contributed by atoms with Crippen LogP contribution < -0.4 is 4.74 Å². The molecule has 0 unspecified atom stereocenters. The van der Waals surface area contributed by atoms with Gasteiger partial charge in [-0.05, 0) is 31.0 Å². The van der Waals surface area contributed by atoms with Gasteiger partial charge in [-0.25, -0.2) is 9.78 Å². The number of ether oxygens (including phenoxy) is 1. The predicted octanol–water partition coefficient (Wildman–Crippen LogP) is 2.98. The molecule has 1 aromatic carbocycles. The van der Waals surface area contributed by atoms with Crippen molar-refractivity contribution in [2.75, 3.05) is 0 Å². The summed E-state index contributed by atoms with van der Waals surface area (Å²) in [5, 5.41) is 8.95. The summed E-state index contributed by atoms with van der Waals surface area (Å²) in [5.41, 5.74) is 1.00. The molecule has 0 amide bonds. The highest BCUT2D eigenvalue weighted by Gasteiger charge is 2.14. The van der Waals surface area contributed by atoms with Crippen molar-refractivity contribution < 1.29 is 19.0 Å². The zero-order valence-electron chi connectivity index (χ0n) is 11.1. The van der Waals surface area contributed by atoms with Gasteiger partial charge in [0.05, 0.1) is 11.3 Å². The second-order valence-corrected chi connectivity index (χ2v) is 4.18. The van der Waals surface area contributed by atoms with Gasteiger partial charge in [0, 0.05) is 0 Å². The highest BCUT2D eigenvalue weighted by atomic mass is 19.1. The molecule has 1 aromatic heterocycles. The number of carbonyl (C=O) groups is 1. The molecule has 0 saturated heterocycles. The number of carboxylic acids is 1. The molecule has 0 aliphatic rings. The summed E-state index contributed by atoms with van der Waals surface area (Å²) >= 11 is 0. The molecule has 6 heteroatoms. The Balaban J connectivity index is 2.39. The summed E-state index contributed by atoms with van der Waals surface area (Å²) in [7, 11) is 0. The molecule has 0 aliphatic carbocycles. The lowest BCUT2D eigenvalue weighted by Crippen LogP contribution is -2.02. The SMILES string of the molecule is CCc1ncnc(Oc2cc(C(=O)O)ccc2C)c1F. The Morgan fingerprint density at radius 1 is 1.40 bits per heavy atom. The zero-order chi connectivity index (χ0) is 14.7. The molecule has 0 saturated carbocycles. The van der Waals surface area contributed by atoms with Crippen LogP contribution >= 0.6 is 0 Å². The van der Waals surface area contributed by atoms with E-state index >= 15 is 0 Å². The van der Waals surface area contributed by atoms with E-state index in [4.69, 9.17) is 9.84 Å². The second kappa shape index (κ2) is 5.64. The molecule has 2 aromatic rings.